The van der Waals surface area contributed by atoms with Gasteiger partial charge in [0.05, 0.1) is 19.8 Å². The second-order valence-corrected chi connectivity index (χ2v) is 3.77. The molecule has 0 atom stereocenters. The summed E-state index contributed by atoms with van der Waals surface area (Å²) in [5, 5.41) is 0. The SMILES string of the molecule is C=C(CC)CC(=O)c1ccc(OC)cc1OC. The first-order valence-electron chi connectivity index (χ1n) is 5.54. The van der Waals surface area contributed by atoms with Gasteiger partial charge in [-0.05, 0) is 18.6 Å². The van der Waals surface area contributed by atoms with E-state index >= 15 is 0 Å². The summed E-state index contributed by atoms with van der Waals surface area (Å²) in [6.45, 7) is 5.83. The Kier molecular flexibility index (Phi) is 4.76. The minimum absolute atomic E-state index is 0.0244. The van der Waals surface area contributed by atoms with Gasteiger partial charge in [0.1, 0.15) is 11.5 Å². The zero-order valence-corrected chi connectivity index (χ0v) is 10.6. The monoisotopic (exact) mass is 234 g/mol. The Balaban J connectivity index is 2.96. The van der Waals surface area contributed by atoms with Gasteiger partial charge in [-0.1, -0.05) is 19.1 Å². The summed E-state index contributed by atoms with van der Waals surface area (Å²) in [7, 11) is 3.12. The minimum Gasteiger partial charge on any atom is -0.497 e. The summed E-state index contributed by atoms with van der Waals surface area (Å²) in [4.78, 5) is 12.0. The number of Topliss-reactive ketones (excluding diaryl/α,β-unsaturated/α-hetero) is 1. The van der Waals surface area contributed by atoms with Gasteiger partial charge in [0.25, 0.3) is 0 Å². The third kappa shape index (κ3) is 3.34. The Morgan fingerprint density at radius 2 is 2.00 bits per heavy atom. The third-order valence-electron chi connectivity index (χ3n) is 2.62. The molecule has 0 aliphatic heterocycles. The molecular weight excluding hydrogens is 216 g/mol. The summed E-state index contributed by atoms with van der Waals surface area (Å²) in [6.07, 6.45) is 1.17. The molecule has 0 spiro atoms. The van der Waals surface area contributed by atoms with E-state index in [-0.39, 0.29) is 5.78 Å². The van der Waals surface area contributed by atoms with Crippen molar-refractivity contribution in [3.8, 4) is 11.5 Å². The Morgan fingerprint density at radius 3 is 2.53 bits per heavy atom. The fourth-order valence-electron chi connectivity index (χ4n) is 1.48. The Bertz CT molecular complexity index is 421. The van der Waals surface area contributed by atoms with Crippen LogP contribution in [0.4, 0.5) is 0 Å². The average Bonchev–Trinajstić information content (AvgIpc) is 2.37. The topological polar surface area (TPSA) is 35.5 Å². The van der Waals surface area contributed by atoms with Crippen molar-refractivity contribution in [2.45, 2.75) is 19.8 Å². The van der Waals surface area contributed by atoms with E-state index in [0.29, 0.717) is 23.5 Å². The summed E-state index contributed by atoms with van der Waals surface area (Å²) < 4.78 is 10.3. The summed E-state index contributed by atoms with van der Waals surface area (Å²) in [6, 6.07) is 5.19. The molecule has 1 aromatic carbocycles. The standard InChI is InChI=1S/C14H18O3/c1-5-10(2)8-13(15)12-7-6-11(16-3)9-14(12)17-4/h6-7,9H,2,5,8H2,1,3-4H3. The lowest BCUT2D eigenvalue weighted by atomic mass is 10.0. The lowest BCUT2D eigenvalue weighted by molar-refractivity contribution is 0.0989. The molecule has 0 heterocycles. The third-order valence-corrected chi connectivity index (χ3v) is 2.62. The molecule has 0 aliphatic rings. The maximum absolute atomic E-state index is 12.0. The fourth-order valence-corrected chi connectivity index (χ4v) is 1.48. The van der Waals surface area contributed by atoms with E-state index in [9.17, 15) is 4.79 Å². The van der Waals surface area contributed by atoms with E-state index in [0.717, 1.165) is 12.0 Å². The first-order chi connectivity index (χ1) is 8.12. The van der Waals surface area contributed by atoms with Crippen LogP contribution in [0.1, 0.15) is 30.1 Å². The molecule has 1 rings (SSSR count). The van der Waals surface area contributed by atoms with Crippen LogP contribution in [0.5, 0.6) is 11.5 Å². The highest BCUT2D eigenvalue weighted by Crippen LogP contribution is 2.26. The van der Waals surface area contributed by atoms with Crippen LogP contribution in [-0.2, 0) is 0 Å². The van der Waals surface area contributed by atoms with Crippen molar-refractivity contribution in [3.05, 3.63) is 35.9 Å². The molecule has 1 aromatic rings. The van der Waals surface area contributed by atoms with E-state index in [1.54, 1.807) is 32.4 Å². The highest BCUT2D eigenvalue weighted by atomic mass is 16.5. The molecule has 0 saturated carbocycles. The number of carbonyl (C=O) groups excluding carboxylic acids is 1. The van der Waals surface area contributed by atoms with Crippen LogP contribution < -0.4 is 9.47 Å². The van der Waals surface area contributed by atoms with Crippen molar-refractivity contribution in [1.82, 2.24) is 0 Å². The van der Waals surface area contributed by atoms with Crippen molar-refractivity contribution >= 4 is 5.78 Å². The predicted molar refractivity (Wildman–Crippen MR) is 67.9 cm³/mol. The van der Waals surface area contributed by atoms with Crippen LogP contribution >= 0.6 is 0 Å². The Labute approximate surface area is 102 Å². The molecule has 3 heteroatoms. The Hall–Kier alpha value is -1.77. The van der Waals surface area contributed by atoms with Crippen molar-refractivity contribution in [2.75, 3.05) is 14.2 Å². The molecule has 0 aliphatic carbocycles. The number of hydrogen-bond acceptors (Lipinski definition) is 3. The van der Waals surface area contributed by atoms with Crippen molar-refractivity contribution in [3.63, 3.8) is 0 Å². The largest absolute Gasteiger partial charge is 0.497 e. The molecule has 17 heavy (non-hydrogen) atoms. The van der Waals surface area contributed by atoms with E-state index in [1.165, 1.54) is 0 Å². The second kappa shape index (κ2) is 6.09. The summed E-state index contributed by atoms with van der Waals surface area (Å²) in [5.41, 5.74) is 1.50. The molecule has 0 N–H and O–H groups in total. The smallest absolute Gasteiger partial charge is 0.170 e. The number of ether oxygens (including phenoxy) is 2. The average molecular weight is 234 g/mol. The van der Waals surface area contributed by atoms with Crippen LogP contribution in [0.15, 0.2) is 30.4 Å². The molecular formula is C14H18O3. The molecule has 0 amide bonds. The molecule has 0 bridgehead atoms. The molecule has 0 unspecified atom stereocenters. The predicted octanol–water partition coefficient (Wildman–Crippen LogP) is 3.24. The lowest BCUT2D eigenvalue weighted by Gasteiger charge is -2.10. The van der Waals surface area contributed by atoms with Crippen LogP contribution in [0.2, 0.25) is 0 Å². The van der Waals surface area contributed by atoms with Gasteiger partial charge in [-0.3, -0.25) is 4.79 Å². The number of ketones is 1. The van der Waals surface area contributed by atoms with Gasteiger partial charge in [0.15, 0.2) is 5.78 Å². The molecule has 3 nitrogen and oxygen atoms in total. The molecule has 0 saturated heterocycles. The van der Waals surface area contributed by atoms with E-state index in [1.807, 2.05) is 6.92 Å². The van der Waals surface area contributed by atoms with Gasteiger partial charge in [0.2, 0.25) is 0 Å². The van der Waals surface area contributed by atoms with Crippen LogP contribution in [0, 0.1) is 0 Å². The van der Waals surface area contributed by atoms with Crippen LogP contribution in [0.3, 0.4) is 0 Å². The van der Waals surface area contributed by atoms with E-state index in [4.69, 9.17) is 9.47 Å². The second-order valence-electron chi connectivity index (χ2n) is 3.77. The number of rotatable bonds is 6. The van der Waals surface area contributed by atoms with Crippen molar-refractivity contribution in [1.29, 1.82) is 0 Å². The van der Waals surface area contributed by atoms with Crippen molar-refractivity contribution < 1.29 is 14.3 Å². The van der Waals surface area contributed by atoms with Crippen molar-refractivity contribution in [2.24, 2.45) is 0 Å². The molecule has 92 valence electrons. The van der Waals surface area contributed by atoms with Gasteiger partial charge in [-0.2, -0.15) is 0 Å². The van der Waals surface area contributed by atoms with E-state index < -0.39 is 0 Å². The first kappa shape index (κ1) is 13.3. The van der Waals surface area contributed by atoms with E-state index in [2.05, 4.69) is 6.58 Å². The number of hydrogen-bond donors (Lipinski definition) is 0. The number of allylic oxidation sites excluding steroid dienone is 1. The highest BCUT2D eigenvalue weighted by molar-refractivity contribution is 6.00. The maximum Gasteiger partial charge on any atom is 0.170 e. The minimum atomic E-state index is 0.0244. The van der Waals surface area contributed by atoms with Gasteiger partial charge in [-0.25, -0.2) is 0 Å². The lowest BCUT2D eigenvalue weighted by Crippen LogP contribution is -2.03. The number of carbonyl (C=O) groups is 1. The zero-order valence-electron chi connectivity index (χ0n) is 10.6. The van der Waals surface area contributed by atoms with Gasteiger partial charge in [-0.15, -0.1) is 0 Å². The molecule has 0 radical (unpaired) electrons. The van der Waals surface area contributed by atoms with Gasteiger partial charge in [0, 0.05) is 12.5 Å². The van der Waals surface area contributed by atoms with Crippen LogP contribution in [-0.4, -0.2) is 20.0 Å². The molecule has 0 aromatic heterocycles. The highest BCUT2D eigenvalue weighted by Gasteiger charge is 2.13. The Morgan fingerprint density at radius 1 is 1.29 bits per heavy atom. The number of benzene rings is 1. The summed E-state index contributed by atoms with van der Waals surface area (Å²) >= 11 is 0. The zero-order chi connectivity index (χ0) is 12.8. The number of methoxy groups -OCH3 is 2. The summed E-state index contributed by atoms with van der Waals surface area (Å²) in [5.74, 6) is 1.24. The quantitative estimate of drug-likeness (QED) is 0.560. The maximum atomic E-state index is 12.0. The molecule has 0 fully saturated rings. The first-order valence-corrected chi connectivity index (χ1v) is 5.54. The van der Waals surface area contributed by atoms with Gasteiger partial charge < -0.3 is 9.47 Å². The van der Waals surface area contributed by atoms with Gasteiger partial charge >= 0.3 is 0 Å². The normalized spacial score (nSPS) is 9.82. The van der Waals surface area contributed by atoms with Crippen LogP contribution in [0.25, 0.3) is 0 Å². The fraction of sp³-hybridized carbons (Fsp3) is 0.357.